The molecule has 2 aromatic rings. The molecule has 0 radical (unpaired) electrons. The third-order valence-corrected chi connectivity index (χ3v) is 3.75. The van der Waals surface area contributed by atoms with E-state index in [-0.39, 0.29) is 5.78 Å². The molecule has 0 aliphatic heterocycles. The van der Waals surface area contributed by atoms with Crippen LogP contribution in [0.25, 0.3) is 0 Å². The highest BCUT2D eigenvalue weighted by Crippen LogP contribution is 2.28. The Kier molecular flexibility index (Phi) is 4.53. The lowest BCUT2D eigenvalue weighted by Crippen LogP contribution is -2.04. The van der Waals surface area contributed by atoms with Crippen LogP contribution in [-0.4, -0.2) is 20.0 Å². The van der Waals surface area contributed by atoms with Crippen LogP contribution in [0.5, 0.6) is 11.5 Å². The van der Waals surface area contributed by atoms with Crippen LogP contribution in [0.1, 0.15) is 27.0 Å². The van der Waals surface area contributed by atoms with Crippen LogP contribution in [0, 0.1) is 13.8 Å². The molecular weight excluding hydrogens is 288 g/mol. The van der Waals surface area contributed by atoms with Crippen molar-refractivity contribution in [2.75, 3.05) is 14.2 Å². The first-order valence-corrected chi connectivity index (χ1v) is 6.88. The average molecular weight is 305 g/mol. The Labute approximate surface area is 129 Å². The van der Waals surface area contributed by atoms with Crippen LogP contribution in [0.2, 0.25) is 5.02 Å². The largest absolute Gasteiger partial charge is 0.497 e. The molecular formula is C17H17ClO3. The van der Waals surface area contributed by atoms with Crippen molar-refractivity contribution < 1.29 is 14.3 Å². The smallest absolute Gasteiger partial charge is 0.194 e. The number of carbonyl (C=O) groups excluding carboxylic acids is 1. The van der Waals surface area contributed by atoms with Gasteiger partial charge in [-0.05, 0) is 49.2 Å². The molecule has 0 spiro atoms. The number of methoxy groups -OCH3 is 2. The summed E-state index contributed by atoms with van der Waals surface area (Å²) in [5, 5.41) is 0.449. The Morgan fingerprint density at radius 3 is 1.95 bits per heavy atom. The summed E-state index contributed by atoms with van der Waals surface area (Å²) in [5.41, 5.74) is 3.05. The van der Waals surface area contributed by atoms with Crippen molar-refractivity contribution in [2.24, 2.45) is 0 Å². The van der Waals surface area contributed by atoms with E-state index in [9.17, 15) is 4.79 Å². The third-order valence-electron chi connectivity index (χ3n) is 3.44. The Balaban J connectivity index is 2.52. The molecule has 3 nitrogen and oxygen atoms in total. The van der Waals surface area contributed by atoms with E-state index >= 15 is 0 Å². The lowest BCUT2D eigenvalue weighted by atomic mass is 9.99. The van der Waals surface area contributed by atoms with Gasteiger partial charge in [0.25, 0.3) is 0 Å². The van der Waals surface area contributed by atoms with Crippen molar-refractivity contribution in [1.82, 2.24) is 0 Å². The Morgan fingerprint density at radius 1 is 0.905 bits per heavy atom. The first-order chi connectivity index (χ1) is 9.96. The second kappa shape index (κ2) is 6.19. The second-order valence-electron chi connectivity index (χ2n) is 4.85. The predicted octanol–water partition coefficient (Wildman–Crippen LogP) is 4.21. The molecule has 0 aliphatic carbocycles. The maximum Gasteiger partial charge on any atom is 0.194 e. The van der Waals surface area contributed by atoms with E-state index < -0.39 is 0 Å². The minimum atomic E-state index is -0.152. The fourth-order valence-electron chi connectivity index (χ4n) is 2.05. The summed E-state index contributed by atoms with van der Waals surface area (Å²) in [4.78, 5) is 12.7. The lowest BCUT2D eigenvalue weighted by Gasteiger charge is -2.10. The standard InChI is InChI=1S/C17H17ClO3/c1-10-5-15(16(18)6-11(10)2)17(19)12-7-13(20-3)9-14(8-12)21-4/h5-9H,1-4H3. The van der Waals surface area contributed by atoms with E-state index in [1.54, 1.807) is 32.4 Å². The van der Waals surface area contributed by atoms with E-state index in [1.807, 2.05) is 26.0 Å². The summed E-state index contributed by atoms with van der Waals surface area (Å²) in [5.74, 6) is 0.982. The zero-order valence-corrected chi connectivity index (χ0v) is 13.2. The van der Waals surface area contributed by atoms with Gasteiger partial charge in [-0.25, -0.2) is 0 Å². The summed E-state index contributed by atoms with van der Waals surface area (Å²) < 4.78 is 10.4. The van der Waals surface area contributed by atoms with Crippen LogP contribution < -0.4 is 9.47 Å². The van der Waals surface area contributed by atoms with Gasteiger partial charge in [0.15, 0.2) is 5.78 Å². The first kappa shape index (κ1) is 15.4. The van der Waals surface area contributed by atoms with Crippen LogP contribution in [0.3, 0.4) is 0 Å². The highest BCUT2D eigenvalue weighted by atomic mass is 35.5. The van der Waals surface area contributed by atoms with Gasteiger partial charge in [-0.15, -0.1) is 0 Å². The normalized spacial score (nSPS) is 10.3. The van der Waals surface area contributed by atoms with Gasteiger partial charge in [0.1, 0.15) is 11.5 Å². The highest BCUT2D eigenvalue weighted by Gasteiger charge is 2.16. The SMILES string of the molecule is COc1cc(OC)cc(C(=O)c2cc(C)c(C)cc2Cl)c1. The monoisotopic (exact) mass is 304 g/mol. The number of hydrogen-bond acceptors (Lipinski definition) is 3. The van der Waals surface area contributed by atoms with Crippen LogP contribution in [-0.2, 0) is 0 Å². The Bertz CT molecular complexity index is 670. The number of carbonyl (C=O) groups is 1. The van der Waals surface area contributed by atoms with Crippen molar-refractivity contribution in [3.8, 4) is 11.5 Å². The molecule has 21 heavy (non-hydrogen) atoms. The molecule has 0 unspecified atom stereocenters. The van der Waals surface area contributed by atoms with E-state index in [2.05, 4.69) is 0 Å². The van der Waals surface area contributed by atoms with Crippen molar-refractivity contribution in [3.63, 3.8) is 0 Å². The zero-order chi connectivity index (χ0) is 15.6. The summed E-state index contributed by atoms with van der Waals surface area (Å²) in [6.45, 7) is 3.92. The summed E-state index contributed by atoms with van der Waals surface area (Å²) in [6.07, 6.45) is 0. The molecule has 110 valence electrons. The number of benzene rings is 2. The molecule has 0 aliphatic rings. The third kappa shape index (κ3) is 3.19. The maximum atomic E-state index is 12.7. The van der Waals surface area contributed by atoms with E-state index in [0.29, 0.717) is 27.6 Å². The van der Waals surface area contributed by atoms with Gasteiger partial charge in [-0.1, -0.05) is 11.6 Å². The van der Waals surface area contributed by atoms with Gasteiger partial charge >= 0.3 is 0 Å². The van der Waals surface area contributed by atoms with Crippen molar-refractivity contribution in [2.45, 2.75) is 13.8 Å². The molecule has 0 heterocycles. The summed E-state index contributed by atoms with van der Waals surface area (Å²) in [7, 11) is 3.10. The number of rotatable bonds is 4. The number of ether oxygens (including phenoxy) is 2. The average Bonchev–Trinajstić information content (AvgIpc) is 2.49. The molecule has 0 N–H and O–H groups in total. The molecule has 0 saturated heterocycles. The molecule has 0 atom stereocenters. The number of ketones is 1. The topological polar surface area (TPSA) is 35.5 Å². The molecule has 0 saturated carbocycles. The summed E-state index contributed by atoms with van der Waals surface area (Å²) >= 11 is 6.21. The van der Waals surface area contributed by atoms with Crippen LogP contribution in [0.4, 0.5) is 0 Å². The molecule has 0 fully saturated rings. The van der Waals surface area contributed by atoms with Gasteiger partial charge in [-0.2, -0.15) is 0 Å². The van der Waals surface area contributed by atoms with Gasteiger partial charge < -0.3 is 9.47 Å². The zero-order valence-electron chi connectivity index (χ0n) is 12.5. The molecule has 0 bridgehead atoms. The summed E-state index contributed by atoms with van der Waals surface area (Å²) in [6, 6.07) is 8.69. The number of halogens is 1. The van der Waals surface area contributed by atoms with Gasteiger partial charge in [0.2, 0.25) is 0 Å². The minimum Gasteiger partial charge on any atom is -0.497 e. The highest BCUT2D eigenvalue weighted by molar-refractivity contribution is 6.35. The van der Waals surface area contributed by atoms with Crippen molar-refractivity contribution in [3.05, 3.63) is 57.6 Å². The molecule has 4 heteroatoms. The fourth-order valence-corrected chi connectivity index (χ4v) is 2.35. The van der Waals surface area contributed by atoms with Crippen LogP contribution in [0.15, 0.2) is 30.3 Å². The van der Waals surface area contributed by atoms with E-state index in [1.165, 1.54) is 0 Å². The van der Waals surface area contributed by atoms with Gasteiger partial charge in [0.05, 0.1) is 19.2 Å². The first-order valence-electron chi connectivity index (χ1n) is 6.50. The Hall–Kier alpha value is -2.00. The number of hydrogen-bond donors (Lipinski definition) is 0. The maximum absolute atomic E-state index is 12.7. The Morgan fingerprint density at radius 2 is 1.43 bits per heavy atom. The van der Waals surface area contributed by atoms with Gasteiger partial charge in [0, 0.05) is 17.2 Å². The van der Waals surface area contributed by atoms with Crippen molar-refractivity contribution in [1.29, 1.82) is 0 Å². The van der Waals surface area contributed by atoms with E-state index in [0.717, 1.165) is 11.1 Å². The fraction of sp³-hybridized carbons (Fsp3) is 0.235. The predicted molar refractivity (Wildman–Crippen MR) is 83.9 cm³/mol. The minimum absolute atomic E-state index is 0.152. The molecule has 0 aromatic heterocycles. The van der Waals surface area contributed by atoms with Gasteiger partial charge in [-0.3, -0.25) is 4.79 Å². The molecule has 0 amide bonds. The quantitative estimate of drug-likeness (QED) is 0.794. The molecule has 2 aromatic carbocycles. The van der Waals surface area contributed by atoms with Crippen molar-refractivity contribution >= 4 is 17.4 Å². The number of aryl methyl sites for hydroxylation is 2. The van der Waals surface area contributed by atoms with Crippen LogP contribution >= 0.6 is 11.6 Å². The molecule has 2 rings (SSSR count). The second-order valence-corrected chi connectivity index (χ2v) is 5.25. The van der Waals surface area contributed by atoms with E-state index in [4.69, 9.17) is 21.1 Å². The lowest BCUT2D eigenvalue weighted by molar-refractivity contribution is 0.103.